The lowest BCUT2D eigenvalue weighted by Crippen LogP contribution is -2.20. The molecule has 1 N–H and O–H groups in total. The normalized spacial score (nSPS) is 12.8. The second-order valence-electron chi connectivity index (χ2n) is 7.36. The first-order chi connectivity index (χ1) is 15.6. The van der Waals surface area contributed by atoms with Gasteiger partial charge in [-0.3, -0.25) is 9.59 Å². The third kappa shape index (κ3) is 4.59. The summed E-state index contributed by atoms with van der Waals surface area (Å²) >= 11 is 0. The van der Waals surface area contributed by atoms with Gasteiger partial charge in [-0.05, 0) is 37.6 Å². The lowest BCUT2D eigenvalue weighted by molar-refractivity contribution is -0.143. The van der Waals surface area contributed by atoms with E-state index in [0.717, 1.165) is 27.7 Å². The molecule has 1 aliphatic heterocycles. The van der Waals surface area contributed by atoms with Crippen LogP contribution in [0.25, 0.3) is 10.9 Å². The summed E-state index contributed by atoms with van der Waals surface area (Å²) in [6.45, 7) is 5.17. The molecule has 8 nitrogen and oxygen atoms in total. The van der Waals surface area contributed by atoms with Crippen molar-refractivity contribution in [2.75, 3.05) is 19.8 Å². The van der Waals surface area contributed by atoms with Crippen molar-refractivity contribution >= 4 is 29.0 Å². The summed E-state index contributed by atoms with van der Waals surface area (Å²) in [6, 6.07) is 13.2. The highest BCUT2D eigenvalue weighted by molar-refractivity contribution is 6.01. The van der Waals surface area contributed by atoms with Crippen LogP contribution in [-0.4, -0.2) is 42.5 Å². The lowest BCUT2D eigenvalue weighted by atomic mass is 10.1. The molecule has 1 aliphatic rings. The molecule has 0 aliphatic carbocycles. The number of ether oxygens (including phenoxy) is 3. The minimum Gasteiger partial charge on any atom is -0.486 e. The third-order valence-corrected chi connectivity index (χ3v) is 5.23. The van der Waals surface area contributed by atoms with E-state index in [2.05, 4.69) is 10.5 Å². The summed E-state index contributed by atoms with van der Waals surface area (Å²) in [5.74, 6) is 0.793. The summed E-state index contributed by atoms with van der Waals surface area (Å²) in [5, 5.41) is 5.10. The predicted octanol–water partition coefficient (Wildman–Crippen LogP) is 2.98. The topological polar surface area (TPSA) is 91.2 Å². The second-order valence-corrected chi connectivity index (χ2v) is 7.36. The van der Waals surface area contributed by atoms with Gasteiger partial charge in [0.25, 0.3) is 0 Å². The number of nitrogens with one attached hydrogen (secondary N) is 1. The molecule has 0 bridgehead atoms. The molecular formula is C24H25N3O5. The Bertz CT molecular complexity index is 1180. The number of carbonyl (C=O) groups excluding carboxylic acids is 2. The molecule has 3 aromatic rings. The van der Waals surface area contributed by atoms with Crippen molar-refractivity contribution in [2.45, 2.75) is 26.8 Å². The number of rotatable bonds is 7. The lowest BCUT2D eigenvalue weighted by Gasteiger charge is -2.18. The van der Waals surface area contributed by atoms with Crippen LogP contribution in [0.15, 0.2) is 47.6 Å². The van der Waals surface area contributed by atoms with E-state index in [1.54, 1.807) is 13.1 Å². The van der Waals surface area contributed by atoms with Gasteiger partial charge in [0.2, 0.25) is 5.91 Å². The molecule has 0 fully saturated rings. The highest BCUT2D eigenvalue weighted by Crippen LogP contribution is 2.30. The van der Waals surface area contributed by atoms with E-state index in [-0.39, 0.29) is 24.8 Å². The maximum atomic E-state index is 12.4. The minimum absolute atomic E-state index is 0.116. The summed E-state index contributed by atoms with van der Waals surface area (Å²) in [7, 11) is 0. The first-order valence-electron chi connectivity index (χ1n) is 10.5. The molecule has 32 heavy (non-hydrogen) atoms. The number of hydrazone groups is 1. The van der Waals surface area contributed by atoms with Crippen LogP contribution < -0.4 is 14.9 Å². The van der Waals surface area contributed by atoms with Crippen LogP contribution in [0.4, 0.5) is 0 Å². The van der Waals surface area contributed by atoms with Crippen molar-refractivity contribution in [3.63, 3.8) is 0 Å². The fraction of sp³-hybridized carbons (Fsp3) is 0.292. The number of esters is 1. The van der Waals surface area contributed by atoms with Crippen LogP contribution in [-0.2, 0) is 27.3 Å². The van der Waals surface area contributed by atoms with Crippen LogP contribution in [0.3, 0.4) is 0 Å². The number of carbonyl (C=O) groups is 2. The quantitative estimate of drug-likeness (QED) is 0.350. The first-order valence-corrected chi connectivity index (χ1v) is 10.5. The Balaban J connectivity index is 1.47. The summed E-state index contributed by atoms with van der Waals surface area (Å²) in [5.41, 5.74) is 6.00. The van der Waals surface area contributed by atoms with Gasteiger partial charge in [0.15, 0.2) is 11.5 Å². The summed E-state index contributed by atoms with van der Waals surface area (Å²) in [6.07, 6.45) is 1.78. The Labute approximate surface area is 185 Å². The number of hydrogen-bond acceptors (Lipinski definition) is 6. The third-order valence-electron chi connectivity index (χ3n) is 5.23. The van der Waals surface area contributed by atoms with Crippen molar-refractivity contribution in [2.24, 2.45) is 5.10 Å². The monoisotopic (exact) mass is 435 g/mol. The zero-order valence-electron chi connectivity index (χ0n) is 18.1. The predicted molar refractivity (Wildman–Crippen MR) is 120 cm³/mol. The van der Waals surface area contributed by atoms with Gasteiger partial charge in [0.1, 0.15) is 19.8 Å². The van der Waals surface area contributed by atoms with E-state index < -0.39 is 0 Å². The van der Waals surface area contributed by atoms with Crippen molar-refractivity contribution < 1.29 is 23.8 Å². The van der Waals surface area contributed by atoms with E-state index in [4.69, 9.17) is 14.2 Å². The molecule has 0 saturated carbocycles. The van der Waals surface area contributed by atoms with E-state index >= 15 is 0 Å². The number of aromatic nitrogens is 1. The van der Waals surface area contributed by atoms with Gasteiger partial charge in [0.05, 0.1) is 19.2 Å². The number of fused-ring (bicyclic) bond motifs is 2. The molecule has 0 spiro atoms. The van der Waals surface area contributed by atoms with Gasteiger partial charge in [-0.2, -0.15) is 5.10 Å². The Hall–Kier alpha value is -3.81. The van der Waals surface area contributed by atoms with Crippen LogP contribution >= 0.6 is 0 Å². The first kappa shape index (κ1) is 21.4. The molecule has 8 heteroatoms. The van der Waals surface area contributed by atoms with Crippen LogP contribution in [0.2, 0.25) is 0 Å². The Morgan fingerprint density at radius 3 is 2.75 bits per heavy atom. The van der Waals surface area contributed by atoms with E-state index in [0.29, 0.717) is 31.3 Å². The molecule has 0 atom stereocenters. The summed E-state index contributed by atoms with van der Waals surface area (Å²) < 4.78 is 18.1. The Morgan fingerprint density at radius 1 is 1.16 bits per heavy atom. The Morgan fingerprint density at radius 2 is 1.94 bits per heavy atom. The van der Waals surface area contributed by atoms with Gasteiger partial charge in [-0.15, -0.1) is 0 Å². The largest absolute Gasteiger partial charge is 0.486 e. The molecule has 0 unspecified atom stereocenters. The fourth-order valence-electron chi connectivity index (χ4n) is 3.75. The van der Waals surface area contributed by atoms with Crippen molar-refractivity contribution in [3.8, 4) is 11.5 Å². The standard InChI is InChI=1S/C24H25N3O5/c1-3-30-24(29)15-27-16(2)19(18-6-4-5-7-20(18)27)14-25-26-23(28)13-17-8-9-21-22(12-17)32-11-10-31-21/h4-9,12,14H,3,10-11,13,15H2,1-2H3,(H,26,28)/b25-14-. The van der Waals surface area contributed by atoms with E-state index in [1.807, 2.05) is 54.0 Å². The molecule has 0 saturated heterocycles. The van der Waals surface area contributed by atoms with E-state index in [9.17, 15) is 9.59 Å². The molecule has 0 radical (unpaired) electrons. The van der Waals surface area contributed by atoms with Crippen LogP contribution in [0, 0.1) is 6.92 Å². The Kier molecular flexibility index (Phi) is 6.39. The van der Waals surface area contributed by atoms with Crippen molar-refractivity contribution in [1.82, 2.24) is 9.99 Å². The smallest absolute Gasteiger partial charge is 0.325 e. The molecule has 2 heterocycles. The minimum atomic E-state index is -0.299. The zero-order chi connectivity index (χ0) is 22.5. The van der Waals surface area contributed by atoms with Gasteiger partial charge in [-0.25, -0.2) is 5.43 Å². The second kappa shape index (κ2) is 9.55. The molecule has 1 aromatic heterocycles. The molecule has 1 amide bonds. The SMILES string of the molecule is CCOC(=O)Cn1c(C)c(/C=N\NC(=O)Cc2ccc3c(c2)OCCO3)c2ccccc21. The average molecular weight is 435 g/mol. The number of amides is 1. The fourth-order valence-corrected chi connectivity index (χ4v) is 3.75. The average Bonchev–Trinajstić information content (AvgIpc) is 3.05. The number of benzene rings is 2. The molecule has 2 aromatic carbocycles. The number of para-hydroxylation sites is 1. The van der Waals surface area contributed by atoms with Gasteiger partial charge >= 0.3 is 5.97 Å². The zero-order valence-corrected chi connectivity index (χ0v) is 18.1. The van der Waals surface area contributed by atoms with Gasteiger partial charge < -0.3 is 18.8 Å². The molecule has 4 rings (SSSR count). The molecule has 166 valence electrons. The number of hydrogen-bond donors (Lipinski definition) is 1. The van der Waals surface area contributed by atoms with E-state index in [1.165, 1.54) is 0 Å². The van der Waals surface area contributed by atoms with Gasteiger partial charge in [0, 0.05) is 22.2 Å². The van der Waals surface area contributed by atoms with Crippen molar-refractivity contribution in [3.05, 3.63) is 59.3 Å². The van der Waals surface area contributed by atoms with Gasteiger partial charge in [-0.1, -0.05) is 24.3 Å². The van der Waals surface area contributed by atoms with Crippen molar-refractivity contribution in [1.29, 1.82) is 0 Å². The molecular weight excluding hydrogens is 410 g/mol. The highest BCUT2D eigenvalue weighted by Gasteiger charge is 2.16. The highest BCUT2D eigenvalue weighted by atomic mass is 16.6. The number of nitrogens with zero attached hydrogens (tertiary/aromatic N) is 2. The van der Waals surface area contributed by atoms with Crippen LogP contribution in [0.1, 0.15) is 23.7 Å². The maximum absolute atomic E-state index is 12.4. The summed E-state index contributed by atoms with van der Waals surface area (Å²) in [4.78, 5) is 24.4. The maximum Gasteiger partial charge on any atom is 0.325 e. The van der Waals surface area contributed by atoms with Crippen LogP contribution in [0.5, 0.6) is 11.5 Å².